The van der Waals surface area contributed by atoms with Crippen LogP contribution in [-0.4, -0.2) is 36.3 Å². The third kappa shape index (κ3) is 3.10. The standard InChI is InChI=1S/C15H21N3O2/c1-2-3-8-18(10-14(16)19)15(20)12-9-17-13-7-5-4-6-11(12)13/h4-7,12,17H,2-3,8-10H2,1H3,(H2,16,19). The summed E-state index contributed by atoms with van der Waals surface area (Å²) in [6.07, 6.45) is 1.85. The first kappa shape index (κ1) is 14.4. The lowest BCUT2D eigenvalue weighted by Crippen LogP contribution is -2.42. The number of carbonyl (C=O) groups is 2. The smallest absolute Gasteiger partial charge is 0.237 e. The highest BCUT2D eigenvalue weighted by molar-refractivity contribution is 5.91. The summed E-state index contributed by atoms with van der Waals surface area (Å²) >= 11 is 0. The van der Waals surface area contributed by atoms with Gasteiger partial charge in [-0.1, -0.05) is 31.5 Å². The zero-order valence-corrected chi connectivity index (χ0v) is 11.8. The van der Waals surface area contributed by atoms with Crippen LogP contribution in [0.5, 0.6) is 0 Å². The van der Waals surface area contributed by atoms with Gasteiger partial charge < -0.3 is 16.0 Å². The molecule has 1 heterocycles. The Bertz CT molecular complexity index is 502. The van der Waals surface area contributed by atoms with Crippen molar-refractivity contribution >= 4 is 17.5 Å². The number of nitrogens with zero attached hydrogens (tertiary/aromatic N) is 1. The SMILES string of the molecule is CCCCN(CC(N)=O)C(=O)C1CNc2ccccc21. The van der Waals surface area contributed by atoms with Gasteiger partial charge in [-0.2, -0.15) is 0 Å². The van der Waals surface area contributed by atoms with E-state index < -0.39 is 5.91 Å². The molecule has 3 N–H and O–H groups in total. The maximum absolute atomic E-state index is 12.6. The van der Waals surface area contributed by atoms with E-state index in [1.54, 1.807) is 4.90 Å². The second-order valence-electron chi connectivity index (χ2n) is 5.10. The molecule has 0 saturated heterocycles. The Morgan fingerprint density at radius 1 is 1.40 bits per heavy atom. The maximum Gasteiger partial charge on any atom is 0.237 e. The molecule has 0 spiro atoms. The van der Waals surface area contributed by atoms with E-state index in [1.807, 2.05) is 24.3 Å². The van der Waals surface area contributed by atoms with E-state index in [4.69, 9.17) is 5.73 Å². The zero-order valence-electron chi connectivity index (χ0n) is 11.8. The molecule has 1 aliphatic heterocycles. The fraction of sp³-hybridized carbons (Fsp3) is 0.467. The Labute approximate surface area is 119 Å². The zero-order chi connectivity index (χ0) is 14.5. The fourth-order valence-electron chi connectivity index (χ4n) is 2.53. The Morgan fingerprint density at radius 2 is 2.15 bits per heavy atom. The molecule has 0 fully saturated rings. The lowest BCUT2D eigenvalue weighted by Gasteiger charge is -2.24. The van der Waals surface area contributed by atoms with Crippen LogP contribution in [0.25, 0.3) is 0 Å². The van der Waals surface area contributed by atoms with E-state index in [2.05, 4.69) is 12.2 Å². The minimum atomic E-state index is -0.464. The Hall–Kier alpha value is -2.04. The van der Waals surface area contributed by atoms with Crippen molar-refractivity contribution < 1.29 is 9.59 Å². The molecule has 0 aromatic heterocycles. The van der Waals surface area contributed by atoms with Crippen molar-refractivity contribution in [1.29, 1.82) is 0 Å². The predicted molar refractivity (Wildman–Crippen MR) is 78.4 cm³/mol. The fourth-order valence-corrected chi connectivity index (χ4v) is 2.53. The largest absolute Gasteiger partial charge is 0.384 e. The summed E-state index contributed by atoms with van der Waals surface area (Å²) < 4.78 is 0. The number of rotatable bonds is 6. The van der Waals surface area contributed by atoms with E-state index >= 15 is 0 Å². The number of para-hydroxylation sites is 1. The molecule has 2 rings (SSSR count). The summed E-state index contributed by atoms with van der Waals surface area (Å²) in [5, 5.41) is 3.23. The van der Waals surface area contributed by atoms with Gasteiger partial charge in [-0.3, -0.25) is 9.59 Å². The average Bonchev–Trinajstić information content (AvgIpc) is 2.86. The van der Waals surface area contributed by atoms with Crippen molar-refractivity contribution in [3.05, 3.63) is 29.8 Å². The topological polar surface area (TPSA) is 75.4 Å². The first-order valence-corrected chi connectivity index (χ1v) is 7.03. The van der Waals surface area contributed by atoms with E-state index in [0.717, 1.165) is 24.1 Å². The molecule has 108 valence electrons. The van der Waals surface area contributed by atoms with Gasteiger partial charge >= 0.3 is 0 Å². The predicted octanol–water partition coefficient (Wildman–Crippen LogP) is 1.31. The number of primary amides is 1. The van der Waals surface area contributed by atoms with Crippen molar-refractivity contribution in [3.63, 3.8) is 0 Å². The first-order valence-electron chi connectivity index (χ1n) is 7.03. The number of nitrogens with one attached hydrogen (secondary N) is 1. The molecule has 0 radical (unpaired) electrons. The Kier molecular flexibility index (Phi) is 4.61. The molecule has 0 bridgehead atoms. The molecule has 1 aromatic rings. The molecule has 0 saturated carbocycles. The highest BCUT2D eigenvalue weighted by Crippen LogP contribution is 2.32. The van der Waals surface area contributed by atoms with Gasteiger partial charge in [0.15, 0.2) is 0 Å². The van der Waals surface area contributed by atoms with E-state index in [9.17, 15) is 9.59 Å². The molecular weight excluding hydrogens is 254 g/mol. The summed E-state index contributed by atoms with van der Waals surface area (Å²) in [6, 6.07) is 7.79. The van der Waals surface area contributed by atoms with Gasteiger partial charge in [0, 0.05) is 18.8 Å². The highest BCUT2D eigenvalue weighted by Gasteiger charge is 2.31. The van der Waals surface area contributed by atoms with Gasteiger partial charge in [-0.15, -0.1) is 0 Å². The number of hydrogen-bond acceptors (Lipinski definition) is 3. The normalized spacial score (nSPS) is 16.4. The minimum Gasteiger partial charge on any atom is -0.384 e. The van der Waals surface area contributed by atoms with Crippen molar-refractivity contribution in [2.45, 2.75) is 25.7 Å². The Balaban J connectivity index is 2.13. The quantitative estimate of drug-likeness (QED) is 0.822. The van der Waals surface area contributed by atoms with Crippen molar-refractivity contribution in [2.75, 3.05) is 25.0 Å². The molecule has 5 heteroatoms. The second kappa shape index (κ2) is 6.41. The van der Waals surface area contributed by atoms with Crippen molar-refractivity contribution in [3.8, 4) is 0 Å². The molecule has 1 atom stereocenters. The molecule has 20 heavy (non-hydrogen) atoms. The van der Waals surface area contributed by atoms with E-state index in [-0.39, 0.29) is 18.4 Å². The van der Waals surface area contributed by atoms with Crippen LogP contribution in [0.3, 0.4) is 0 Å². The van der Waals surface area contributed by atoms with Gasteiger partial charge in [0.05, 0.1) is 12.5 Å². The number of carbonyl (C=O) groups excluding carboxylic acids is 2. The van der Waals surface area contributed by atoms with Gasteiger partial charge in [-0.25, -0.2) is 0 Å². The van der Waals surface area contributed by atoms with Crippen molar-refractivity contribution in [1.82, 2.24) is 4.90 Å². The molecular formula is C15H21N3O2. The van der Waals surface area contributed by atoms with Crippen LogP contribution in [0, 0.1) is 0 Å². The molecule has 1 aromatic carbocycles. The number of fused-ring (bicyclic) bond motifs is 1. The van der Waals surface area contributed by atoms with Gasteiger partial charge in [-0.05, 0) is 18.1 Å². The average molecular weight is 275 g/mol. The molecule has 0 aliphatic carbocycles. The summed E-state index contributed by atoms with van der Waals surface area (Å²) in [4.78, 5) is 25.4. The van der Waals surface area contributed by atoms with Crippen LogP contribution in [0.15, 0.2) is 24.3 Å². The number of nitrogens with two attached hydrogens (primary N) is 1. The second-order valence-corrected chi connectivity index (χ2v) is 5.10. The first-order chi connectivity index (χ1) is 9.63. The summed E-state index contributed by atoms with van der Waals surface area (Å²) in [7, 11) is 0. The highest BCUT2D eigenvalue weighted by atomic mass is 16.2. The monoisotopic (exact) mass is 275 g/mol. The van der Waals surface area contributed by atoms with Crippen LogP contribution < -0.4 is 11.1 Å². The number of amides is 2. The minimum absolute atomic E-state index is 0.00248. The van der Waals surface area contributed by atoms with E-state index in [1.165, 1.54) is 0 Å². The van der Waals surface area contributed by atoms with Crippen LogP contribution in [0.2, 0.25) is 0 Å². The van der Waals surface area contributed by atoms with Gasteiger partial charge in [0.1, 0.15) is 0 Å². The van der Waals surface area contributed by atoms with Crippen LogP contribution >= 0.6 is 0 Å². The third-order valence-corrected chi connectivity index (χ3v) is 3.57. The number of anilines is 1. The molecule has 2 amide bonds. The van der Waals surface area contributed by atoms with Crippen molar-refractivity contribution in [2.24, 2.45) is 5.73 Å². The summed E-state index contributed by atoms with van der Waals surface area (Å²) in [5.41, 5.74) is 7.25. The van der Waals surface area contributed by atoms with Crippen LogP contribution in [0.4, 0.5) is 5.69 Å². The Morgan fingerprint density at radius 3 is 2.85 bits per heavy atom. The molecule has 1 unspecified atom stereocenters. The molecule has 1 aliphatic rings. The maximum atomic E-state index is 12.6. The summed E-state index contributed by atoms with van der Waals surface area (Å²) in [6.45, 7) is 3.22. The number of benzene rings is 1. The van der Waals surface area contributed by atoms with E-state index in [0.29, 0.717) is 13.1 Å². The number of unbranched alkanes of at least 4 members (excludes halogenated alkanes) is 1. The summed E-state index contributed by atoms with van der Waals surface area (Å²) in [5.74, 6) is -0.703. The van der Waals surface area contributed by atoms with Gasteiger partial charge in [0.25, 0.3) is 0 Å². The lowest BCUT2D eigenvalue weighted by molar-refractivity contribution is -0.136. The number of hydrogen-bond donors (Lipinski definition) is 2. The lowest BCUT2D eigenvalue weighted by atomic mass is 9.99. The third-order valence-electron chi connectivity index (χ3n) is 3.57. The van der Waals surface area contributed by atoms with Gasteiger partial charge in [0.2, 0.25) is 11.8 Å². The van der Waals surface area contributed by atoms with Crippen LogP contribution in [0.1, 0.15) is 31.2 Å². The molecule has 5 nitrogen and oxygen atoms in total. The van der Waals surface area contributed by atoms with Crippen LogP contribution in [-0.2, 0) is 9.59 Å².